The Hall–Kier alpha value is -1.63. The van der Waals surface area contributed by atoms with E-state index in [-0.39, 0.29) is 5.95 Å². The van der Waals surface area contributed by atoms with Gasteiger partial charge in [-0.15, -0.1) is 5.10 Å². The number of nitrogens with one attached hydrogen (secondary N) is 1. The maximum absolute atomic E-state index is 11.2. The largest absolute Gasteiger partial charge is 0.450 e. The van der Waals surface area contributed by atoms with E-state index in [1.807, 2.05) is 13.0 Å². The average molecular weight is 299 g/mol. The van der Waals surface area contributed by atoms with Crippen LogP contribution >= 0.6 is 15.9 Å². The number of aryl methyl sites for hydroxylation is 1. The van der Waals surface area contributed by atoms with E-state index in [0.29, 0.717) is 12.3 Å². The van der Waals surface area contributed by atoms with Gasteiger partial charge in [0.1, 0.15) is 0 Å². The van der Waals surface area contributed by atoms with E-state index in [0.717, 1.165) is 10.0 Å². The summed E-state index contributed by atoms with van der Waals surface area (Å²) < 4.78 is 7.25. The van der Waals surface area contributed by atoms with Crippen molar-refractivity contribution < 1.29 is 9.53 Å². The molecule has 0 fully saturated rings. The molecule has 6 nitrogen and oxygen atoms in total. The van der Waals surface area contributed by atoms with Gasteiger partial charge in [0.15, 0.2) is 5.65 Å². The second kappa shape index (κ2) is 4.70. The summed E-state index contributed by atoms with van der Waals surface area (Å²) >= 11 is 3.40. The lowest BCUT2D eigenvalue weighted by molar-refractivity contribution is 0.167. The van der Waals surface area contributed by atoms with Crippen LogP contribution in [0.15, 0.2) is 16.7 Å². The van der Waals surface area contributed by atoms with Gasteiger partial charge in [-0.1, -0.05) is 0 Å². The molecule has 0 aliphatic rings. The number of nitrogens with zero attached hydrogens (tertiary/aromatic N) is 3. The van der Waals surface area contributed by atoms with Crippen LogP contribution in [0.1, 0.15) is 12.5 Å². The molecule has 2 aromatic heterocycles. The molecule has 2 rings (SSSR count). The predicted octanol–water partition coefficient (Wildman–Crippen LogP) is 2.37. The molecular formula is C10H11BrN4O2. The van der Waals surface area contributed by atoms with Gasteiger partial charge in [-0.2, -0.15) is 4.98 Å². The summed E-state index contributed by atoms with van der Waals surface area (Å²) in [6, 6.07) is 1.87. The van der Waals surface area contributed by atoms with Crippen LogP contribution < -0.4 is 5.32 Å². The van der Waals surface area contributed by atoms with Crippen molar-refractivity contribution >= 4 is 33.6 Å². The van der Waals surface area contributed by atoms with E-state index < -0.39 is 6.09 Å². The van der Waals surface area contributed by atoms with Gasteiger partial charge in [-0.3, -0.25) is 5.32 Å². The molecule has 17 heavy (non-hydrogen) atoms. The summed E-state index contributed by atoms with van der Waals surface area (Å²) in [5.41, 5.74) is 1.71. The maximum Gasteiger partial charge on any atom is 0.414 e. The first-order valence-corrected chi connectivity index (χ1v) is 5.85. The van der Waals surface area contributed by atoms with Crippen molar-refractivity contribution in [3.63, 3.8) is 0 Å². The van der Waals surface area contributed by atoms with Crippen LogP contribution in [0.3, 0.4) is 0 Å². The minimum atomic E-state index is -0.556. The summed E-state index contributed by atoms with van der Waals surface area (Å²) in [7, 11) is 0. The van der Waals surface area contributed by atoms with Gasteiger partial charge < -0.3 is 4.74 Å². The average Bonchev–Trinajstić information content (AvgIpc) is 2.60. The van der Waals surface area contributed by atoms with Crippen molar-refractivity contribution in [2.45, 2.75) is 13.8 Å². The highest BCUT2D eigenvalue weighted by molar-refractivity contribution is 9.10. The Morgan fingerprint density at radius 2 is 2.41 bits per heavy atom. The first-order valence-electron chi connectivity index (χ1n) is 5.06. The molecule has 0 radical (unpaired) electrons. The molecule has 0 spiro atoms. The van der Waals surface area contributed by atoms with Gasteiger partial charge >= 0.3 is 6.09 Å². The number of aromatic nitrogens is 3. The zero-order chi connectivity index (χ0) is 12.4. The van der Waals surface area contributed by atoms with Gasteiger partial charge in [0.05, 0.1) is 6.61 Å². The molecule has 2 heterocycles. The normalized spacial score (nSPS) is 10.5. The van der Waals surface area contributed by atoms with Gasteiger partial charge in [0, 0.05) is 10.7 Å². The van der Waals surface area contributed by atoms with Gasteiger partial charge in [-0.25, -0.2) is 9.31 Å². The number of carbonyl (C=O) groups excluding carboxylic acids is 1. The smallest absolute Gasteiger partial charge is 0.414 e. The Labute approximate surface area is 106 Å². The van der Waals surface area contributed by atoms with Gasteiger partial charge in [0.2, 0.25) is 0 Å². The predicted molar refractivity (Wildman–Crippen MR) is 66.1 cm³/mol. The molecule has 0 aliphatic heterocycles. The summed E-state index contributed by atoms with van der Waals surface area (Å²) in [6.07, 6.45) is 1.23. The molecule has 90 valence electrons. The number of pyridine rings is 1. The van der Waals surface area contributed by atoms with Crippen molar-refractivity contribution in [1.82, 2.24) is 14.6 Å². The number of hydrogen-bond acceptors (Lipinski definition) is 4. The van der Waals surface area contributed by atoms with E-state index in [1.54, 1.807) is 17.6 Å². The minimum absolute atomic E-state index is 0.223. The Bertz CT molecular complexity index is 528. The Kier molecular flexibility index (Phi) is 3.28. The van der Waals surface area contributed by atoms with Crippen LogP contribution in [0.25, 0.3) is 5.65 Å². The van der Waals surface area contributed by atoms with Crippen LogP contribution in [0, 0.1) is 6.92 Å². The third-order valence-corrected chi connectivity index (χ3v) is 2.94. The van der Waals surface area contributed by atoms with Crippen LogP contribution in [0.5, 0.6) is 0 Å². The molecule has 0 aliphatic carbocycles. The molecule has 7 heteroatoms. The number of fused-ring (bicyclic) bond motifs is 1. The highest BCUT2D eigenvalue weighted by Gasteiger charge is 2.09. The fourth-order valence-corrected chi connectivity index (χ4v) is 1.62. The maximum atomic E-state index is 11.2. The quantitative estimate of drug-likeness (QED) is 0.924. The molecule has 0 aromatic carbocycles. The van der Waals surface area contributed by atoms with Crippen molar-refractivity contribution in [2.24, 2.45) is 0 Å². The third kappa shape index (κ3) is 2.55. The SMILES string of the molecule is CCOC(=O)Nc1nc2cc(C)c(Br)cn2n1. The van der Waals surface area contributed by atoms with Crippen molar-refractivity contribution in [2.75, 3.05) is 11.9 Å². The molecular weight excluding hydrogens is 288 g/mol. The number of ether oxygens (including phenoxy) is 1. The van der Waals surface area contributed by atoms with E-state index in [2.05, 4.69) is 31.3 Å². The standard InChI is InChI=1S/C10H11BrN4O2/c1-3-17-10(16)13-9-12-8-4-6(2)7(11)5-15(8)14-9/h4-5H,3H2,1-2H3,(H,13,14,16). The lowest BCUT2D eigenvalue weighted by Gasteiger charge is -1.99. The fraction of sp³-hybridized carbons (Fsp3) is 0.300. The first-order chi connectivity index (χ1) is 8.10. The Balaban J connectivity index is 2.29. The second-order valence-electron chi connectivity index (χ2n) is 3.39. The lowest BCUT2D eigenvalue weighted by atomic mass is 10.3. The third-order valence-electron chi connectivity index (χ3n) is 2.10. The molecule has 1 N–H and O–H groups in total. The Morgan fingerprint density at radius 1 is 1.65 bits per heavy atom. The summed E-state index contributed by atoms with van der Waals surface area (Å²) in [6.45, 7) is 4.00. The molecule has 0 saturated carbocycles. The summed E-state index contributed by atoms with van der Waals surface area (Å²) in [5, 5.41) is 6.55. The lowest BCUT2D eigenvalue weighted by Crippen LogP contribution is -2.14. The number of amides is 1. The highest BCUT2D eigenvalue weighted by Crippen LogP contribution is 2.17. The zero-order valence-electron chi connectivity index (χ0n) is 9.40. The fourth-order valence-electron chi connectivity index (χ4n) is 1.31. The number of carbonyl (C=O) groups is 1. The van der Waals surface area contributed by atoms with Crippen molar-refractivity contribution in [3.8, 4) is 0 Å². The van der Waals surface area contributed by atoms with Crippen molar-refractivity contribution in [3.05, 3.63) is 22.3 Å². The van der Waals surface area contributed by atoms with Crippen molar-refractivity contribution in [1.29, 1.82) is 0 Å². The first kappa shape index (κ1) is 11.8. The number of anilines is 1. The molecule has 0 bridgehead atoms. The summed E-state index contributed by atoms with van der Waals surface area (Å²) in [5.74, 6) is 0.223. The summed E-state index contributed by atoms with van der Waals surface area (Å²) in [4.78, 5) is 15.3. The Morgan fingerprint density at radius 3 is 3.12 bits per heavy atom. The molecule has 0 atom stereocenters. The second-order valence-corrected chi connectivity index (χ2v) is 4.24. The molecule has 2 aromatic rings. The van der Waals surface area contributed by atoms with Gasteiger partial charge in [-0.05, 0) is 41.4 Å². The van der Waals surface area contributed by atoms with Crippen LogP contribution in [0.2, 0.25) is 0 Å². The number of halogens is 1. The zero-order valence-corrected chi connectivity index (χ0v) is 11.0. The number of rotatable bonds is 2. The van der Waals surface area contributed by atoms with Crippen LogP contribution in [-0.4, -0.2) is 27.3 Å². The number of hydrogen-bond donors (Lipinski definition) is 1. The topological polar surface area (TPSA) is 68.5 Å². The molecule has 0 saturated heterocycles. The van der Waals surface area contributed by atoms with Gasteiger partial charge in [0.25, 0.3) is 5.95 Å². The molecule has 1 amide bonds. The van der Waals surface area contributed by atoms with Crippen LogP contribution in [0.4, 0.5) is 10.7 Å². The van der Waals surface area contributed by atoms with Crippen LogP contribution in [-0.2, 0) is 4.74 Å². The van der Waals surface area contributed by atoms with E-state index in [1.165, 1.54) is 0 Å². The van der Waals surface area contributed by atoms with E-state index >= 15 is 0 Å². The molecule has 0 unspecified atom stereocenters. The van der Waals surface area contributed by atoms with E-state index in [4.69, 9.17) is 4.74 Å². The minimum Gasteiger partial charge on any atom is -0.450 e. The monoisotopic (exact) mass is 298 g/mol. The van der Waals surface area contributed by atoms with E-state index in [9.17, 15) is 4.79 Å². The highest BCUT2D eigenvalue weighted by atomic mass is 79.9.